The molecule has 0 unspecified atom stereocenters. The lowest BCUT2D eigenvalue weighted by molar-refractivity contribution is -0.127. The molecule has 2 aromatic rings. The minimum absolute atomic E-state index is 0.113. The molecule has 1 heterocycles. The number of halogens is 2. The van der Waals surface area contributed by atoms with Crippen LogP contribution in [0.2, 0.25) is 5.02 Å². The number of nitrogens with zero attached hydrogens (tertiary/aromatic N) is 5. The first kappa shape index (κ1) is 15.7. The molecule has 2 rings (SSSR count). The quantitative estimate of drug-likeness (QED) is 0.782. The molecule has 1 aromatic heterocycles. The van der Waals surface area contributed by atoms with E-state index >= 15 is 0 Å². The molecular weight excluding hydrogens is 317 g/mol. The molecule has 0 radical (unpaired) electrons. The van der Waals surface area contributed by atoms with Crippen molar-refractivity contribution in [1.82, 2.24) is 25.1 Å². The second-order valence-corrected chi connectivity index (χ2v) is 5.67. The summed E-state index contributed by atoms with van der Waals surface area (Å²) in [7, 11) is 3.29. The van der Waals surface area contributed by atoms with Crippen LogP contribution in [-0.2, 0) is 18.4 Å². The fourth-order valence-corrected chi connectivity index (χ4v) is 2.60. The standard InChI is InChI=1S/C12H13ClFN5OS/c1-18(6-8-9(13)4-3-5-10(8)14)11(20)7-21-12-15-16-17-19(12)2/h3-5H,6-7H2,1-2H3. The number of benzene rings is 1. The largest absolute Gasteiger partial charge is 0.341 e. The number of hydrogen-bond donors (Lipinski definition) is 0. The molecule has 0 spiro atoms. The molecule has 1 amide bonds. The first-order valence-electron chi connectivity index (χ1n) is 6.01. The fraction of sp³-hybridized carbons (Fsp3) is 0.333. The highest BCUT2D eigenvalue weighted by Gasteiger charge is 2.15. The van der Waals surface area contributed by atoms with Crippen molar-refractivity contribution >= 4 is 29.3 Å². The summed E-state index contributed by atoms with van der Waals surface area (Å²) in [5, 5.41) is 11.8. The summed E-state index contributed by atoms with van der Waals surface area (Å²) < 4.78 is 15.2. The van der Waals surface area contributed by atoms with Crippen LogP contribution in [0, 0.1) is 5.82 Å². The van der Waals surface area contributed by atoms with Crippen LogP contribution in [0.15, 0.2) is 23.4 Å². The van der Waals surface area contributed by atoms with Gasteiger partial charge >= 0.3 is 0 Å². The maximum absolute atomic E-state index is 13.7. The van der Waals surface area contributed by atoms with Gasteiger partial charge < -0.3 is 4.90 Å². The summed E-state index contributed by atoms with van der Waals surface area (Å²) in [4.78, 5) is 13.5. The topological polar surface area (TPSA) is 63.9 Å². The Bertz CT molecular complexity index is 630. The van der Waals surface area contributed by atoms with Gasteiger partial charge in [0.25, 0.3) is 0 Å². The Hall–Kier alpha value is -1.67. The molecule has 0 N–H and O–H groups in total. The Kier molecular flexibility index (Phi) is 5.13. The van der Waals surface area contributed by atoms with E-state index in [-0.39, 0.29) is 18.2 Å². The summed E-state index contributed by atoms with van der Waals surface area (Å²) in [6.45, 7) is 0.113. The molecule has 0 saturated heterocycles. The van der Waals surface area contributed by atoms with Crippen molar-refractivity contribution in [3.8, 4) is 0 Å². The van der Waals surface area contributed by atoms with Gasteiger partial charge in [0, 0.05) is 31.2 Å². The lowest BCUT2D eigenvalue weighted by Gasteiger charge is -2.18. The van der Waals surface area contributed by atoms with Crippen LogP contribution in [0.4, 0.5) is 4.39 Å². The van der Waals surface area contributed by atoms with Crippen molar-refractivity contribution in [2.24, 2.45) is 7.05 Å². The zero-order valence-electron chi connectivity index (χ0n) is 11.5. The van der Waals surface area contributed by atoms with Crippen LogP contribution in [0.5, 0.6) is 0 Å². The summed E-state index contributed by atoms with van der Waals surface area (Å²) >= 11 is 7.16. The van der Waals surface area contributed by atoms with E-state index in [0.29, 0.717) is 15.7 Å². The molecular formula is C12H13ClFN5OS. The maximum Gasteiger partial charge on any atom is 0.233 e. The predicted octanol–water partition coefficient (Wildman–Crippen LogP) is 1.75. The van der Waals surface area contributed by atoms with E-state index < -0.39 is 5.82 Å². The van der Waals surface area contributed by atoms with Gasteiger partial charge in [-0.3, -0.25) is 4.79 Å². The average Bonchev–Trinajstić information content (AvgIpc) is 2.85. The number of thioether (sulfide) groups is 1. The zero-order valence-corrected chi connectivity index (χ0v) is 13.0. The average molecular weight is 330 g/mol. The molecule has 0 saturated carbocycles. The lowest BCUT2D eigenvalue weighted by atomic mass is 10.2. The Morgan fingerprint density at radius 3 is 2.90 bits per heavy atom. The van der Waals surface area contributed by atoms with Crippen LogP contribution in [-0.4, -0.2) is 43.8 Å². The molecule has 0 bridgehead atoms. The van der Waals surface area contributed by atoms with Crippen LogP contribution >= 0.6 is 23.4 Å². The lowest BCUT2D eigenvalue weighted by Crippen LogP contribution is -2.28. The predicted molar refractivity (Wildman–Crippen MR) is 77.4 cm³/mol. The minimum atomic E-state index is -0.424. The molecule has 0 fully saturated rings. The van der Waals surface area contributed by atoms with Crippen molar-refractivity contribution in [1.29, 1.82) is 0 Å². The Morgan fingerprint density at radius 2 is 2.29 bits per heavy atom. The number of carbonyl (C=O) groups is 1. The number of rotatable bonds is 5. The second kappa shape index (κ2) is 6.86. The van der Waals surface area contributed by atoms with Crippen molar-refractivity contribution in [3.05, 3.63) is 34.6 Å². The highest BCUT2D eigenvalue weighted by Crippen LogP contribution is 2.21. The van der Waals surface area contributed by atoms with Crippen molar-refractivity contribution in [2.45, 2.75) is 11.7 Å². The van der Waals surface area contributed by atoms with E-state index in [4.69, 9.17) is 11.6 Å². The van der Waals surface area contributed by atoms with E-state index in [1.165, 1.54) is 33.5 Å². The van der Waals surface area contributed by atoms with Crippen LogP contribution in [0.1, 0.15) is 5.56 Å². The fourth-order valence-electron chi connectivity index (χ4n) is 1.59. The molecule has 112 valence electrons. The number of hydrogen-bond acceptors (Lipinski definition) is 5. The molecule has 9 heteroatoms. The third kappa shape index (κ3) is 3.92. The summed E-state index contributed by atoms with van der Waals surface area (Å²) in [5.74, 6) is -0.425. The molecule has 1 aromatic carbocycles. The first-order valence-corrected chi connectivity index (χ1v) is 7.37. The first-order chi connectivity index (χ1) is 9.99. The van der Waals surface area contributed by atoms with Crippen LogP contribution < -0.4 is 0 Å². The van der Waals surface area contributed by atoms with Gasteiger partial charge in [0.15, 0.2) is 0 Å². The number of tetrazole rings is 1. The van der Waals surface area contributed by atoms with E-state index in [1.54, 1.807) is 20.2 Å². The van der Waals surface area contributed by atoms with Gasteiger partial charge in [-0.15, -0.1) is 5.10 Å². The Balaban J connectivity index is 1.95. The van der Waals surface area contributed by atoms with Crippen LogP contribution in [0.3, 0.4) is 0 Å². The SMILES string of the molecule is CN(Cc1c(F)cccc1Cl)C(=O)CSc1nnnn1C. The van der Waals surface area contributed by atoms with Gasteiger partial charge in [-0.1, -0.05) is 29.4 Å². The summed E-state index contributed by atoms with van der Waals surface area (Å²) in [6.07, 6.45) is 0. The maximum atomic E-state index is 13.7. The minimum Gasteiger partial charge on any atom is -0.341 e. The Labute approximate surface area is 130 Å². The van der Waals surface area contributed by atoms with E-state index in [9.17, 15) is 9.18 Å². The van der Waals surface area contributed by atoms with Gasteiger partial charge in [-0.25, -0.2) is 9.07 Å². The molecule has 0 aliphatic heterocycles. The van der Waals surface area contributed by atoms with E-state index in [2.05, 4.69) is 15.5 Å². The highest BCUT2D eigenvalue weighted by molar-refractivity contribution is 7.99. The number of aryl methyl sites for hydroxylation is 1. The molecule has 0 aliphatic carbocycles. The molecule has 6 nitrogen and oxygen atoms in total. The van der Waals surface area contributed by atoms with Crippen LogP contribution in [0.25, 0.3) is 0 Å². The number of carbonyl (C=O) groups excluding carboxylic acids is 1. The summed E-state index contributed by atoms with van der Waals surface area (Å²) in [5.41, 5.74) is 0.306. The van der Waals surface area contributed by atoms with Gasteiger partial charge in [0.05, 0.1) is 5.75 Å². The monoisotopic (exact) mass is 329 g/mol. The molecule has 21 heavy (non-hydrogen) atoms. The van der Waals surface area contributed by atoms with Crippen molar-refractivity contribution < 1.29 is 9.18 Å². The number of aromatic nitrogens is 4. The van der Waals surface area contributed by atoms with Crippen molar-refractivity contribution in [3.63, 3.8) is 0 Å². The smallest absolute Gasteiger partial charge is 0.233 e. The van der Waals surface area contributed by atoms with Gasteiger partial charge in [-0.2, -0.15) is 0 Å². The van der Waals surface area contributed by atoms with Gasteiger partial charge in [-0.05, 0) is 22.6 Å². The van der Waals surface area contributed by atoms with Crippen molar-refractivity contribution in [2.75, 3.05) is 12.8 Å². The van der Waals surface area contributed by atoms with E-state index in [0.717, 1.165) is 0 Å². The summed E-state index contributed by atoms with van der Waals surface area (Å²) in [6, 6.07) is 4.44. The second-order valence-electron chi connectivity index (χ2n) is 4.32. The van der Waals surface area contributed by atoms with Gasteiger partial charge in [0.1, 0.15) is 5.82 Å². The Morgan fingerprint density at radius 1 is 1.52 bits per heavy atom. The third-order valence-corrected chi connectivity index (χ3v) is 4.14. The van der Waals surface area contributed by atoms with E-state index in [1.807, 2.05) is 0 Å². The molecule has 0 atom stereocenters. The van der Waals surface area contributed by atoms with Gasteiger partial charge in [0.2, 0.25) is 11.1 Å². The normalized spacial score (nSPS) is 10.7. The molecule has 0 aliphatic rings. The highest BCUT2D eigenvalue weighted by atomic mass is 35.5. The zero-order chi connectivity index (χ0) is 15.4. The number of amides is 1. The third-order valence-electron chi connectivity index (χ3n) is 2.79.